The highest BCUT2D eigenvalue weighted by molar-refractivity contribution is 5.35. The number of hydrogen-bond acceptors (Lipinski definition) is 4. The molecule has 0 bridgehead atoms. The van der Waals surface area contributed by atoms with E-state index in [1.165, 1.54) is 0 Å². The van der Waals surface area contributed by atoms with Crippen molar-refractivity contribution in [2.24, 2.45) is 0 Å². The molecule has 1 aromatic carbocycles. The van der Waals surface area contributed by atoms with Gasteiger partial charge in [-0.2, -0.15) is 0 Å². The fourth-order valence-corrected chi connectivity index (χ4v) is 1.70. The van der Waals surface area contributed by atoms with Gasteiger partial charge in [0.2, 0.25) is 0 Å². The van der Waals surface area contributed by atoms with Crippen molar-refractivity contribution in [2.45, 2.75) is 18.9 Å². The molecule has 0 saturated carbocycles. The quantitative estimate of drug-likeness (QED) is 0.686. The first-order valence-corrected chi connectivity index (χ1v) is 6.17. The predicted octanol–water partition coefficient (Wildman–Crippen LogP) is 2.17. The molecule has 0 saturated heterocycles. The van der Waals surface area contributed by atoms with Gasteiger partial charge in [-0.15, -0.1) is 0 Å². The Kier molecular flexibility index (Phi) is 7.41. The number of methoxy groups -OCH3 is 2. The monoisotopic (exact) mass is 254 g/mol. The lowest BCUT2D eigenvalue weighted by Crippen LogP contribution is -2.08. The van der Waals surface area contributed by atoms with E-state index in [4.69, 9.17) is 14.2 Å². The van der Waals surface area contributed by atoms with E-state index in [1.54, 1.807) is 14.2 Å². The molecule has 102 valence electrons. The van der Waals surface area contributed by atoms with Gasteiger partial charge in [0.15, 0.2) is 0 Å². The minimum Gasteiger partial charge on any atom is -0.491 e. The molecule has 1 unspecified atom stereocenters. The summed E-state index contributed by atoms with van der Waals surface area (Å²) in [6, 6.07) is 7.55. The van der Waals surface area contributed by atoms with Crippen molar-refractivity contribution in [3.8, 4) is 5.75 Å². The number of rotatable bonds is 9. The fraction of sp³-hybridized carbons (Fsp3) is 0.571. The molecule has 0 amide bonds. The molecule has 4 nitrogen and oxygen atoms in total. The van der Waals surface area contributed by atoms with E-state index in [0.29, 0.717) is 26.2 Å². The van der Waals surface area contributed by atoms with Gasteiger partial charge in [0.1, 0.15) is 12.4 Å². The molecule has 0 radical (unpaired) electrons. The highest BCUT2D eigenvalue weighted by Gasteiger charge is 2.12. The Morgan fingerprint density at radius 3 is 2.50 bits per heavy atom. The Morgan fingerprint density at radius 1 is 1.06 bits per heavy atom. The number of hydrogen-bond donors (Lipinski definition) is 1. The Labute approximate surface area is 108 Å². The van der Waals surface area contributed by atoms with Crippen molar-refractivity contribution in [3.05, 3.63) is 29.8 Å². The van der Waals surface area contributed by atoms with E-state index in [9.17, 15) is 5.11 Å². The Hall–Kier alpha value is -1.10. The molecular formula is C14H22O4. The van der Waals surface area contributed by atoms with Gasteiger partial charge in [0, 0.05) is 26.4 Å². The minimum absolute atomic E-state index is 0.484. The lowest BCUT2D eigenvalue weighted by Gasteiger charge is -2.16. The summed E-state index contributed by atoms with van der Waals surface area (Å²) in [7, 11) is 3.29. The first-order valence-electron chi connectivity index (χ1n) is 6.17. The van der Waals surface area contributed by atoms with Gasteiger partial charge < -0.3 is 19.3 Å². The normalized spacial score (nSPS) is 12.4. The second-order valence-corrected chi connectivity index (χ2v) is 4.03. The van der Waals surface area contributed by atoms with Crippen LogP contribution in [0.2, 0.25) is 0 Å². The lowest BCUT2D eigenvalue weighted by atomic mass is 10.0. The topological polar surface area (TPSA) is 47.9 Å². The maximum atomic E-state index is 10.1. The van der Waals surface area contributed by atoms with Crippen LogP contribution in [-0.2, 0) is 9.47 Å². The number of para-hydroxylation sites is 1. The third kappa shape index (κ3) is 5.04. The van der Waals surface area contributed by atoms with Gasteiger partial charge in [-0.3, -0.25) is 0 Å². The molecule has 0 aromatic heterocycles. The second kappa shape index (κ2) is 8.91. The summed E-state index contributed by atoms with van der Waals surface area (Å²) >= 11 is 0. The molecule has 18 heavy (non-hydrogen) atoms. The predicted molar refractivity (Wildman–Crippen MR) is 69.9 cm³/mol. The van der Waals surface area contributed by atoms with Gasteiger partial charge in [0.05, 0.1) is 12.7 Å². The van der Waals surface area contributed by atoms with Crippen molar-refractivity contribution < 1.29 is 19.3 Å². The third-order valence-corrected chi connectivity index (χ3v) is 2.65. The zero-order valence-electron chi connectivity index (χ0n) is 11.1. The van der Waals surface area contributed by atoms with Gasteiger partial charge in [0.25, 0.3) is 0 Å². The van der Waals surface area contributed by atoms with Crippen LogP contribution in [0.15, 0.2) is 24.3 Å². The van der Waals surface area contributed by atoms with Crippen molar-refractivity contribution >= 4 is 0 Å². The van der Waals surface area contributed by atoms with Crippen molar-refractivity contribution in [1.82, 2.24) is 0 Å². The first kappa shape index (κ1) is 15.0. The van der Waals surface area contributed by atoms with Gasteiger partial charge >= 0.3 is 0 Å². The molecule has 0 aliphatic carbocycles. The maximum Gasteiger partial charge on any atom is 0.125 e. The molecule has 0 heterocycles. The zero-order chi connectivity index (χ0) is 13.2. The van der Waals surface area contributed by atoms with E-state index >= 15 is 0 Å². The first-order chi connectivity index (χ1) is 8.79. The average molecular weight is 254 g/mol. The van der Waals surface area contributed by atoms with Gasteiger partial charge in [-0.1, -0.05) is 18.2 Å². The average Bonchev–Trinajstić information content (AvgIpc) is 2.40. The van der Waals surface area contributed by atoms with E-state index < -0.39 is 6.10 Å². The van der Waals surface area contributed by atoms with Crippen molar-refractivity contribution in [1.29, 1.82) is 0 Å². The smallest absolute Gasteiger partial charge is 0.125 e. The summed E-state index contributed by atoms with van der Waals surface area (Å²) < 4.78 is 15.5. The summed E-state index contributed by atoms with van der Waals surface area (Å²) in [4.78, 5) is 0. The SMILES string of the molecule is COCCCC(O)c1ccccc1OCCOC. The zero-order valence-corrected chi connectivity index (χ0v) is 11.1. The summed E-state index contributed by atoms with van der Waals surface area (Å²) in [5.74, 6) is 0.722. The molecule has 1 N–H and O–H groups in total. The molecule has 0 aliphatic heterocycles. The van der Waals surface area contributed by atoms with Crippen molar-refractivity contribution in [2.75, 3.05) is 34.0 Å². The lowest BCUT2D eigenvalue weighted by molar-refractivity contribution is 0.125. The summed E-state index contributed by atoms with van der Waals surface area (Å²) in [5, 5.41) is 10.1. The summed E-state index contributed by atoms with van der Waals surface area (Å²) in [6.07, 6.45) is 0.974. The molecule has 0 spiro atoms. The third-order valence-electron chi connectivity index (χ3n) is 2.65. The Balaban J connectivity index is 2.56. The highest BCUT2D eigenvalue weighted by atomic mass is 16.5. The largest absolute Gasteiger partial charge is 0.491 e. The Morgan fingerprint density at radius 2 is 1.78 bits per heavy atom. The van der Waals surface area contributed by atoms with Crippen molar-refractivity contribution in [3.63, 3.8) is 0 Å². The standard InChI is InChI=1S/C14H22O4/c1-16-9-5-7-13(15)12-6-3-4-8-14(12)18-11-10-17-2/h3-4,6,8,13,15H,5,7,9-11H2,1-2H3. The number of ether oxygens (including phenoxy) is 3. The van der Waals surface area contributed by atoms with Crippen LogP contribution >= 0.6 is 0 Å². The summed E-state index contributed by atoms with van der Waals surface area (Å²) in [5.41, 5.74) is 0.824. The minimum atomic E-state index is -0.515. The van der Waals surface area contributed by atoms with Gasteiger partial charge in [-0.05, 0) is 18.9 Å². The van der Waals surface area contributed by atoms with Crippen LogP contribution in [0.4, 0.5) is 0 Å². The van der Waals surface area contributed by atoms with E-state index in [2.05, 4.69) is 0 Å². The molecule has 1 atom stereocenters. The van der Waals surface area contributed by atoms with Crippen LogP contribution in [0, 0.1) is 0 Å². The highest BCUT2D eigenvalue weighted by Crippen LogP contribution is 2.27. The maximum absolute atomic E-state index is 10.1. The number of aliphatic hydroxyl groups is 1. The van der Waals surface area contributed by atoms with E-state index in [0.717, 1.165) is 17.7 Å². The molecule has 1 rings (SSSR count). The molecular weight excluding hydrogens is 232 g/mol. The number of aliphatic hydroxyl groups excluding tert-OH is 1. The van der Waals surface area contributed by atoms with Crippen LogP contribution in [0.5, 0.6) is 5.75 Å². The van der Waals surface area contributed by atoms with E-state index in [-0.39, 0.29) is 0 Å². The van der Waals surface area contributed by atoms with Crippen LogP contribution < -0.4 is 4.74 Å². The molecule has 0 aliphatic rings. The second-order valence-electron chi connectivity index (χ2n) is 4.03. The molecule has 0 fully saturated rings. The molecule has 1 aromatic rings. The fourth-order valence-electron chi connectivity index (χ4n) is 1.70. The van der Waals surface area contributed by atoms with Crippen LogP contribution in [0.1, 0.15) is 24.5 Å². The van der Waals surface area contributed by atoms with E-state index in [1.807, 2.05) is 24.3 Å². The van der Waals surface area contributed by atoms with Crippen LogP contribution in [0.3, 0.4) is 0 Å². The summed E-state index contributed by atoms with van der Waals surface area (Å²) in [6.45, 7) is 1.68. The van der Waals surface area contributed by atoms with Crippen LogP contribution in [-0.4, -0.2) is 39.1 Å². The Bertz CT molecular complexity index is 327. The van der Waals surface area contributed by atoms with Crippen LogP contribution in [0.25, 0.3) is 0 Å². The van der Waals surface area contributed by atoms with Gasteiger partial charge in [-0.25, -0.2) is 0 Å². The number of benzene rings is 1. The molecule has 4 heteroatoms.